The fraction of sp³-hybridized carbons (Fsp3) is 0.200. The Morgan fingerprint density at radius 3 is 2.67 bits per heavy atom. The molecule has 3 amide bonds. The number of methoxy groups -OCH3 is 1. The van der Waals surface area contributed by atoms with Crippen molar-refractivity contribution in [2.45, 2.75) is 6.04 Å². The summed E-state index contributed by atoms with van der Waals surface area (Å²) in [5.41, 5.74) is 0.561. The van der Waals surface area contributed by atoms with Crippen molar-refractivity contribution in [1.82, 2.24) is 5.32 Å². The lowest BCUT2D eigenvalue weighted by Gasteiger charge is -2.14. The van der Waals surface area contributed by atoms with E-state index in [1.165, 1.54) is 7.11 Å². The van der Waals surface area contributed by atoms with E-state index in [9.17, 15) is 9.59 Å². The summed E-state index contributed by atoms with van der Waals surface area (Å²) in [6.07, 6.45) is 0. The monoisotopic (exact) mass is 348 g/mol. The summed E-state index contributed by atoms with van der Waals surface area (Å²) < 4.78 is 5.93. The fourth-order valence-corrected chi connectivity index (χ4v) is 2.78. The Balaban J connectivity index is 1.98. The lowest BCUT2D eigenvalue weighted by Crippen LogP contribution is -2.34. The normalized spacial score (nSPS) is 18.4. The number of hydrogen-bond donors (Lipinski definition) is 1. The molecule has 0 saturated carbocycles. The van der Waals surface area contributed by atoms with Crippen LogP contribution >= 0.6 is 15.9 Å². The van der Waals surface area contributed by atoms with Crippen LogP contribution in [0, 0.1) is 0 Å². The van der Waals surface area contributed by atoms with Crippen LogP contribution in [-0.2, 0) is 9.53 Å². The number of benzene rings is 2. The van der Waals surface area contributed by atoms with Crippen molar-refractivity contribution in [1.29, 1.82) is 0 Å². The van der Waals surface area contributed by atoms with Gasteiger partial charge in [0.1, 0.15) is 6.04 Å². The quantitative estimate of drug-likeness (QED) is 0.867. The molecule has 1 unspecified atom stereocenters. The molecule has 1 aliphatic heterocycles. The minimum absolute atomic E-state index is 0.168. The maximum absolute atomic E-state index is 12.3. The van der Waals surface area contributed by atoms with E-state index in [0.29, 0.717) is 5.69 Å². The number of fused-ring (bicyclic) bond motifs is 1. The molecule has 108 valence electrons. The van der Waals surface area contributed by atoms with Gasteiger partial charge in [-0.1, -0.05) is 28.1 Å². The second-order valence-electron chi connectivity index (χ2n) is 4.81. The van der Waals surface area contributed by atoms with Crippen molar-refractivity contribution in [3.8, 4) is 0 Å². The minimum atomic E-state index is -0.622. The van der Waals surface area contributed by atoms with E-state index < -0.39 is 12.1 Å². The number of carbonyl (C=O) groups excluding carboxylic acids is 2. The number of hydrogen-bond acceptors (Lipinski definition) is 3. The Morgan fingerprint density at radius 2 is 1.90 bits per heavy atom. The van der Waals surface area contributed by atoms with Gasteiger partial charge in [0, 0.05) is 11.6 Å². The average molecular weight is 349 g/mol. The van der Waals surface area contributed by atoms with Gasteiger partial charge < -0.3 is 10.1 Å². The number of urea groups is 1. The molecule has 1 heterocycles. The Morgan fingerprint density at radius 1 is 1.19 bits per heavy atom. The van der Waals surface area contributed by atoms with Gasteiger partial charge in [-0.15, -0.1) is 0 Å². The van der Waals surface area contributed by atoms with Gasteiger partial charge in [0.15, 0.2) is 0 Å². The molecular formula is C15H13BrN2O3. The highest BCUT2D eigenvalue weighted by Gasteiger charge is 2.38. The van der Waals surface area contributed by atoms with E-state index in [1.54, 1.807) is 6.07 Å². The number of ether oxygens (including phenoxy) is 1. The fourth-order valence-electron chi connectivity index (χ4n) is 2.40. The zero-order valence-electron chi connectivity index (χ0n) is 11.3. The molecule has 1 aliphatic rings. The minimum Gasteiger partial charge on any atom is -0.382 e. The lowest BCUT2D eigenvalue weighted by atomic mass is 10.1. The molecule has 1 saturated heterocycles. The molecule has 0 aromatic heterocycles. The molecule has 21 heavy (non-hydrogen) atoms. The number of anilines is 1. The first-order valence-corrected chi connectivity index (χ1v) is 7.22. The van der Waals surface area contributed by atoms with Crippen LogP contribution in [0.25, 0.3) is 10.8 Å². The zero-order valence-corrected chi connectivity index (χ0v) is 12.9. The second-order valence-corrected chi connectivity index (χ2v) is 5.72. The number of amides is 3. The smallest absolute Gasteiger partial charge is 0.329 e. The summed E-state index contributed by atoms with van der Waals surface area (Å²) in [4.78, 5) is 25.4. The predicted octanol–water partition coefficient (Wildman–Crippen LogP) is 2.67. The Kier molecular flexibility index (Phi) is 3.65. The summed E-state index contributed by atoms with van der Waals surface area (Å²) in [5, 5.41) is 4.62. The van der Waals surface area contributed by atoms with Crippen LogP contribution in [0.2, 0.25) is 0 Å². The third-order valence-corrected chi connectivity index (χ3v) is 3.89. The maximum Gasteiger partial charge on any atom is 0.329 e. The van der Waals surface area contributed by atoms with Gasteiger partial charge in [0.25, 0.3) is 5.91 Å². The molecule has 1 N–H and O–H groups in total. The summed E-state index contributed by atoms with van der Waals surface area (Å²) in [5.74, 6) is -0.293. The molecule has 0 spiro atoms. The molecule has 0 bridgehead atoms. The van der Waals surface area contributed by atoms with E-state index in [-0.39, 0.29) is 12.5 Å². The van der Waals surface area contributed by atoms with Gasteiger partial charge >= 0.3 is 6.03 Å². The molecule has 5 nitrogen and oxygen atoms in total. The Labute approximate surface area is 130 Å². The van der Waals surface area contributed by atoms with Crippen molar-refractivity contribution >= 4 is 44.3 Å². The Bertz CT molecular complexity index is 732. The maximum atomic E-state index is 12.3. The number of nitrogens with one attached hydrogen (secondary N) is 1. The predicted molar refractivity (Wildman–Crippen MR) is 83.3 cm³/mol. The lowest BCUT2D eigenvalue weighted by molar-refractivity contribution is -0.119. The standard InChI is InChI=1S/C15H13BrN2O3/c1-21-8-13-14(19)18(15(20)17-13)12-5-3-9-6-11(16)4-2-10(9)7-12/h2-7,13H,8H2,1H3,(H,17,20). The molecule has 1 fully saturated rings. The van der Waals surface area contributed by atoms with Crippen LogP contribution in [0.3, 0.4) is 0 Å². The van der Waals surface area contributed by atoms with Crippen LogP contribution in [0.1, 0.15) is 0 Å². The highest BCUT2D eigenvalue weighted by atomic mass is 79.9. The van der Waals surface area contributed by atoms with Gasteiger partial charge in [-0.2, -0.15) is 0 Å². The molecule has 2 aromatic rings. The van der Waals surface area contributed by atoms with E-state index in [4.69, 9.17) is 4.74 Å². The van der Waals surface area contributed by atoms with Gasteiger partial charge in [0.2, 0.25) is 0 Å². The summed E-state index contributed by atoms with van der Waals surface area (Å²) >= 11 is 3.42. The first-order valence-electron chi connectivity index (χ1n) is 6.43. The van der Waals surface area contributed by atoms with Crippen LogP contribution in [0.4, 0.5) is 10.5 Å². The van der Waals surface area contributed by atoms with Crippen molar-refractivity contribution < 1.29 is 14.3 Å². The molecule has 1 atom stereocenters. The van der Waals surface area contributed by atoms with Crippen molar-refractivity contribution in [2.24, 2.45) is 0 Å². The third kappa shape index (κ3) is 2.52. The average Bonchev–Trinajstić information content (AvgIpc) is 2.73. The Hall–Kier alpha value is -1.92. The van der Waals surface area contributed by atoms with E-state index in [2.05, 4.69) is 21.2 Å². The highest BCUT2D eigenvalue weighted by molar-refractivity contribution is 9.10. The number of carbonyl (C=O) groups is 2. The van der Waals surface area contributed by atoms with E-state index >= 15 is 0 Å². The van der Waals surface area contributed by atoms with Crippen LogP contribution in [-0.4, -0.2) is 31.7 Å². The van der Waals surface area contributed by atoms with E-state index in [1.807, 2.05) is 30.3 Å². The molecule has 6 heteroatoms. The molecular weight excluding hydrogens is 336 g/mol. The molecule has 3 rings (SSSR count). The van der Waals surface area contributed by atoms with Crippen LogP contribution in [0.15, 0.2) is 40.9 Å². The highest BCUT2D eigenvalue weighted by Crippen LogP contribution is 2.26. The van der Waals surface area contributed by atoms with Crippen molar-refractivity contribution in [3.05, 3.63) is 40.9 Å². The SMILES string of the molecule is COCC1NC(=O)N(c2ccc3cc(Br)ccc3c2)C1=O. The number of nitrogens with zero attached hydrogens (tertiary/aromatic N) is 1. The van der Waals surface area contributed by atoms with Gasteiger partial charge in [-0.25, -0.2) is 9.69 Å². The van der Waals surface area contributed by atoms with Crippen LogP contribution < -0.4 is 10.2 Å². The number of rotatable bonds is 3. The summed E-state index contributed by atoms with van der Waals surface area (Å²) in [6, 6.07) is 10.3. The van der Waals surface area contributed by atoms with Gasteiger partial charge in [-0.05, 0) is 35.0 Å². The topological polar surface area (TPSA) is 58.6 Å². The van der Waals surface area contributed by atoms with E-state index in [0.717, 1.165) is 20.1 Å². The first-order chi connectivity index (χ1) is 10.1. The van der Waals surface area contributed by atoms with Crippen LogP contribution in [0.5, 0.6) is 0 Å². The van der Waals surface area contributed by atoms with Crippen molar-refractivity contribution in [3.63, 3.8) is 0 Å². The number of halogens is 1. The van der Waals surface area contributed by atoms with Gasteiger partial charge in [-0.3, -0.25) is 4.79 Å². The largest absolute Gasteiger partial charge is 0.382 e. The third-order valence-electron chi connectivity index (χ3n) is 3.40. The van der Waals surface area contributed by atoms with Crippen molar-refractivity contribution in [2.75, 3.05) is 18.6 Å². The first kappa shape index (κ1) is 14.0. The molecule has 0 aliphatic carbocycles. The molecule has 2 aromatic carbocycles. The second kappa shape index (κ2) is 5.46. The number of imide groups is 1. The van der Waals surface area contributed by atoms with Gasteiger partial charge in [0.05, 0.1) is 12.3 Å². The summed E-state index contributed by atoms with van der Waals surface area (Å²) in [7, 11) is 1.50. The zero-order chi connectivity index (χ0) is 15.0. The molecule has 0 radical (unpaired) electrons. The summed E-state index contributed by atoms with van der Waals surface area (Å²) in [6.45, 7) is 0.168.